The number of rotatable bonds is 7. The summed E-state index contributed by atoms with van der Waals surface area (Å²) in [4.78, 5) is 12.8. The summed E-state index contributed by atoms with van der Waals surface area (Å²) in [7, 11) is -3.39. The van der Waals surface area contributed by atoms with Gasteiger partial charge < -0.3 is 5.32 Å². The van der Waals surface area contributed by atoms with E-state index in [0.29, 0.717) is 17.8 Å². The van der Waals surface area contributed by atoms with Crippen molar-refractivity contribution < 1.29 is 13.2 Å². The molecule has 3 rings (SSSR count). The maximum absolute atomic E-state index is 12.8. The van der Waals surface area contributed by atoms with Gasteiger partial charge in [-0.15, -0.1) is 10.2 Å². The third-order valence-corrected chi connectivity index (χ3v) is 6.31. The summed E-state index contributed by atoms with van der Waals surface area (Å²) in [5, 5.41) is 10.8. The second-order valence-electron chi connectivity index (χ2n) is 6.60. The van der Waals surface area contributed by atoms with Crippen molar-refractivity contribution in [3.05, 3.63) is 72.3 Å². The van der Waals surface area contributed by atoms with E-state index in [9.17, 15) is 13.2 Å². The van der Waals surface area contributed by atoms with Gasteiger partial charge in [-0.3, -0.25) is 4.79 Å². The number of hydrogen-bond acceptors (Lipinski definition) is 5. The Morgan fingerprint density at radius 2 is 1.72 bits per heavy atom. The van der Waals surface area contributed by atoms with Gasteiger partial charge in [-0.1, -0.05) is 56.3 Å². The molecule has 0 aliphatic carbocycles. The number of sulfone groups is 1. The first-order chi connectivity index (χ1) is 13.9. The summed E-state index contributed by atoms with van der Waals surface area (Å²) >= 11 is 0. The highest BCUT2D eigenvalue weighted by molar-refractivity contribution is 7.91. The topological polar surface area (TPSA) is 89.0 Å². The number of amides is 1. The predicted molar refractivity (Wildman–Crippen MR) is 113 cm³/mol. The molecule has 0 aliphatic heterocycles. The van der Waals surface area contributed by atoms with Crippen LogP contribution in [0.1, 0.15) is 31.7 Å². The average molecular weight is 410 g/mol. The highest BCUT2D eigenvalue weighted by Crippen LogP contribution is 2.24. The molecule has 6 nitrogen and oxygen atoms in total. The minimum Gasteiger partial charge on any atom is -0.326 e. The Kier molecular flexibility index (Phi) is 6.39. The highest BCUT2D eigenvalue weighted by Gasteiger charge is 2.19. The quantitative estimate of drug-likeness (QED) is 0.635. The van der Waals surface area contributed by atoms with Gasteiger partial charge in [-0.2, -0.15) is 0 Å². The highest BCUT2D eigenvalue weighted by atomic mass is 32.2. The number of benzene rings is 2. The van der Waals surface area contributed by atoms with Crippen LogP contribution in [0, 0.1) is 0 Å². The van der Waals surface area contributed by atoms with Crippen molar-refractivity contribution in [1.82, 2.24) is 10.2 Å². The SMILES string of the molecule is CC[C@H](C(=O)Nc1cccc(-c2ccc(S(=O)(=O)CC)nn2)c1)c1ccccc1. The van der Waals surface area contributed by atoms with E-state index < -0.39 is 9.84 Å². The molecular weight excluding hydrogens is 386 g/mol. The molecule has 2 aromatic carbocycles. The van der Waals surface area contributed by atoms with Crippen LogP contribution >= 0.6 is 0 Å². The van der Waals surface area contributed by atoms with Crippen molar-refractivity contribution in [1.29, 1.82) is 0 Å². The third kappa shape index (κ3) is 4.86. The van der Waals surface area contributed by atoms with Gasteiger partial charge in [-0.05, 0) is 36.2 Å². The van der Waals surface area contributed by atoms with Crippen molar-refractivity contribution in [2.75, 3.05) is 11.1 Å². The smallest absolute Gasteiger partial charge is 0.231 e. The Hall–Kier alpha value is -3.06. The van der Waals surface area contributed by atoms with E-state index in [4.69, 9.17) is 0 Å². The molecule has 0 fully saturated rings. The summed E-state index contributed by atoms with van der Waals surface area (Å²) in [6.45, 7) is 3.55. The standard InChI is InChI=1S/C22H23N3O3S/c1-3-19(16-9-6-5-7-10-16)22(26)23-18-12-8-11-17(15-18)20-13-14-21(25-24-20)29(27,28)4-2/h5-15,19H,3-4H2,1-2H3,(H,23,26)/t19-/m0/s1. The van der Waals surface area contributed by atoms with Crippen LogP contribution in [0.3, 0.4) is 0 Å². The zero-order valence-electron chi connectivity index (χ0n) is 16.4. The van der Waals surface area contributed by atoms with Crippen molar-refractivity contribution in [3.63, 3.8) is 0 Å². The van der Waals surface area contributed by atoms with E-state index in [-0.39, 0.29) is 22.6 Å². The fourth-order valence-corrected chi connectivity index (χ4v) is 3.77. The summed E-state index contributed by atoms with van der Waals surface area (Å²) < 4.78 is 23.8. The summed E-state index contributed by atoms with van der Waals surface area (Å²) in [6, 6.07) is 20.0. The molecule has 1 amide bonds. The van der Waals surface area contributed by atoms with Crippen LogP contribution in [0.4, 0.5) is 5.69 Å². The zero-order valence-corrected chi connectivity index (χ0v) is 17.2. The molecule has 1 aromatic heterocycles. The number of nitrogens with one attached hydrogen (secondary N) is 1. The Morgan fingerprint density at radius 1 is 0.966 bits per heavy atom. The minimum absolute atomic E-state index is 0.0252. The van der Waals surface area contributed by atoms with Gasteiger partial charge in [0.1, 0.15) is 0 Å². The number of anilines is 1. The van der Waals surface area contributed by atoms with Gasteiger partial charge in [0.15, 0.2) is 14.9 Å². The van der Waals surface area contributed by atoms with Crippen LogP contribution in [0.2, 0.25) is 0 Å². The van der Waals surface area contributed by atoms with Gasteiger partial charge in [-0.25, -0.2) is 8.42 Å². The van der Waals surface area contributed by atoms with Crippen LogP contribution in [0.25, 0.3) is 11.3 Å². The average Bonchev–Trinajstić information content (AvgIpc) is 2.75. The molecule has 150 valence electrons. The first-order valence-electron chi connectivity index (χ1n) is 9.47. The molecule has 0 spiro atoms. The van der Waals surface area contributed by atoms with Crippen LogP contribution in [-0.2, 0) is 14.6 Å². The lowest BCUT2D eigenvalue weighted by molar-refractivity contribution is -0.117. The van der Waals surface area contributed by atoms with Crippen molar-refractivity contribution in [2.45, 2.75) is 31.2 Å². The predicted octanol–water partition coefficient (Wildman–Crippen LogP) is 4.07. The lowest BCUT2D eigenvalue weighted by Gasteiger charge is -2.16. The largest absolute Gasteiger partial charge is 0.326 e. The first kappa shape index (κ1) is 20.7. The molecule has 0 unspecified atom stereocenters. The third-order valence-electron chi connectivity index (χ3n) is 4.69. The Bertz CT molecular complexity index is 1080. The second-order valence-corrected chi connectivity index (χ2v) is 8.83. The van der Waals surface area contributed by atoms with E-state index in [1.165, 1.54) is 6.07 Å². The molecule has 7 heteroatoms. The normalized spacial score (nSPS) is 12.3. The molecule has 29 heavy (non-hydrogen) atoms. The van der Waals surface area contributed by atoms with E-state index in [1.54, 1.807) is 19.1 Å². The van der Waals surface area contributed by atoms with Crippen LogP contribution < -0.4 is 5.32 Å². The van der Waals surface area contributed by atoms with Crippen molar-refractivity contribution in [2.24, 2.45) is 0 Å². The summed E-state index contributed by atoms with van der Waals surface area (Å²) in [5.41, 5.74) is 2.89. The lowest BCUT2D eigenvalue weighted by Crippen LogP contribution is -2.20. The Morgan fingerprint density at radius 3 is 2.34 bits per heavy atom. The van der Waals surface area contributed by atoms with Gasteiger partial charge in [0, 0.05) is 11.3 Å². The summed E-state index contributed by atoms with van der Waals surface area (Å²) in [5.74, 6) is -0.341. The van der Waals surface area contributed by atoms with Crippen molar-refractivity contribution in [3.8, 4) is 11.3 Å². The molecule has 0 bridgehead atoms. The van der Waals surface area contributed by atoms with Crippen LogP contribution in [0.15, 0.2) is 71.8 Å². The molecule has 3 aromatic rings. The number of hydrogen-bond donors (Lipinski definition) is 1. The number of carbonyl (C=O) groups is 1. The van der Waals surface area contributed by atoms with Crippen LogP contribution in [-0.4, -0.2) is 30.3 Å². The van der Waals surface area contributed by atoms with Crippen molar-refractivity contribution >= 4 is 21.4 Å². The molecule has 0 aliphatic rings. The molecule has 1 N–H and O–H groups in total. The lowest BCUT2D eigenvalue weighted by atomic mass is 9.95. The molecule has 0 saturated carbocycles. The number of aromatic nitrogens is 2. The zero-order chi connectivity index (χ0) is 20.9. The van der Waals surface area contributed by atoms with Gasteiger partial charge in [0.25, 0.3) is 0 Å². The minimum atomic E-state index is -3.39. The fourth-order valence-electron chi connectivity index (χ4n) is 3.03. The van der Waals surface area contributed by atoms with Gasteiger partial charge >= 0.3 is 0 Å². The molecule has 1 atom stereocenters. The van der Waals surface area contributed by atoms with E-state index in [2.05, 4.69) is 15.5 Å². The van der Waals surface area contributed by atoms with Gasteiger partial charge in [0.05, 0.1) is 17.4 Å². The van der Waals surface area contributed by atoms with E-state index in [0.717, 1.165) is 11.1 Å². The number of nitrogens with zero attached hydrogens (tertiary/aromatic N) is 2. The summed E-state index contributed by atoms with van der Waals surface area (Å²) in [6.07, 6.45) is 0.689. The molecule has 0 saturated heterocycles. The first-order valence-corrected chi connectivity index (χ1v) is 11.1. The monoisotopic (exact) mass is 409 g/mol. The van der Waals surface area contributed by atoms with E-state index >= 15 is 0 Å². The molecule has 1 heterocycles. The fraction of sp³-hybridized carbons (Fsp3) is 0.227. The Balaban J connectivity index is 1.80. The Labute approximate surface area is 170 Å². The van der Waals surface area contributed by atoms with Gasteiger partial charge in [0.2, 0.25) is 5.91 Å². The molecule has 0 radical (unpaired) electrons. The second kappa shape index (κ2) is 8.96. The maximum Gasteiger partial charge on any atom is 0.231 e. The number of carbonyl (C=O) groups excluding carboxylic acids is 1. The van der Waals surface area contributed by atoms with Crippen LogP contribution in [0.5, 0.6) is 0 Å². The molecular formula is C22H23N3O3S. The maximum atomic E-state index is 12.8. The van der Waals surface area contributed by atoms with E-state index in [1.807, 2.05) is 55.5 Å².